The van der Waals surface area contributed by atoms with Gasteiger partial charge >= 0.3 is 37.7 Å². The maximum Gasteiger partial charge on any atom is 2.00 e. The summed E-state index contributed by atoms with van der Waals surface area (Å²) in [5, 5.41) is 19.5. The van der Waals surface area contributed by atoms with E-state index in [9.17, 15) is 9.90 Å². The van der Waals surface area contributed by atoms with E-state index in [1.807, 2.05) is 0 Å². The topological polar surface area (TPSA) is 76.4 Å². The molecule has 216 valence electrons. The van der Waals surface area contributed by atoms with Crippen LogP contribution in [-0.4, -0.2) is 79.3 Å². The molecule has 38 heavy (non-hydrogen) atoms. The molecule has 0 aromatic rings. The van der Waals surface area contributed by atoms with E-state index in [2.05, 4.69) is 46.0 Å². The van der Waals surface area contributed by atoms with Crippen LogP contribution in [-0.2, 0) is 4.79 Å². The van der Waals surface area contributed by atoms with Crippen LogP contribution >= 0.6 is 12.4 Å². The fraction of sp³-hybridized carbons (Fsp3) is 0.871. The zero-order valence-electron chi connectivity index (χ0n) is 27.0. The number of aliphatic hydroxyl groups is 1. The molecule has 7 heteroatoms. The number of rotatable bonds is 5. The van der Waals surface area contributed by atoms with Crippen LogP contribution in [0.25, 0.3) is 0 Å². The molecule has 5 rings (SSSR count). The molecule has 1 amide bonds. The Morgan fingerprint density at radius 3 is 2.42 bits per heavy atom. The van der Waals surface area contributed by atoms with E-state index < -0.39 is 0 Å². The molecule has 0 radical (unpaired) electrons. The van der Waals surface area contributed by atoms with E-state index in [4.69, 9.17) is 5.41 Å². The Labute approximate surface area is 271 Å². The molecule has 0 aromatic heterocycles. The predicted molar refractivity (Wildman–Crippen MR) is 163 cm³/mol. The van der Waals surface area contributed by atoms with Crippen LogP contribution in [0.4, 0.5) is 0 Å². The van der Waals surface area contributed by atoms with E-state index >= 15 is 0 Å². The van der Waals surface area contributed by atoms with Gasteiger partial charge in [0.15, 0.2) is 5.96 Å². The minimum atomic E-state index is -0.0995. The van der Waals surface area contributed by atoms with Crippen molar-refractivity contribution in [2.45, 2.75) is 111 Å². The molecule has 1 heterocycles. The number of hydrogen-bond donors (Lipinski definition) is 3. The van der Waals surface area contributed by atoms with Crippen LogP contribution in [0.2, 0.25) is 0 Å². The Kier molecular flexibility index (Phi) is 12.6. The molecular weight excluding hydrogens is 522 g/mol. The van der Waals surface area contributed by atoms with Gasteiger partial charge in [-0.15, -0.1) is 12.4 Å². The predicted octanol–water partition coefficient (Wildman–Crippen LogP) is 6.64. The third kappa shape index (κ3) is 6.97. The van der Waals surface area contributed by atoms with Crippen molar-refractivity contribution < 1.29 is 12.8 Å². The second-order valence-electron chi connectivity index (χ2n) is 13.9. The summed E-state index contributed by atoms with van der Waals surface area (Å²) in [6.45, 7) is 12.9. The van der Waals surface area contributed by atoms with Crippen molar-refractivity contribution in [2.24, 2.45) is 46.3 Å². The number of aliphatic hydroxyl groups excluding tert-OH is 1. The van der Waals surface area contributed by atoms with Gasteiger partial charge < -0.3 is 12.9 Å². The molecule has 0 unspecified atom stereocenters. The molecule has 8 atom stereocenters. The summed E-state index contributed by atoms with van der Waals surface area (Å²) in [7, 11) is 1.69. The van der Waals surface area contributed by atoms with Crippen molar-refractivity contribution in [3.63, 3.8) is 0 Å². The third-order valence-electron chi connectivity index (χ3n) is 11.3. The fourth-order valence-corrected chi connectivity index (χ4v) is 9.23. The van der Waals surface area contributed by atoms with Gasteiger partial charge in [-0.25, -0.2) is 0 Å². The summed E-state index contributed by atoms with van der Waals surface area (Å²) in [4.78, 5) is 11.9. The number of allylic oxidation sites excluding steroid dienone is 1. The quantitative estimate of drug-likeness (QED) is 0.253. The average Bonchev–Trinajstić information content (AvgIpc) is 3.31. The molecule has 0 bridgehead atoms. The fourth-order valence-electron chi connectivity index (χ4n) is 9.23. The third-order valence-corrected chi connectivity index (χ3v) is 11.3. The first kappa shape index (κ1) is 34.4. The van der Waals surface area contributed by atoms with E-state index in [1.165, 1.54) is 57.8 Å². The molecule has 1 saturated heterocycles. The number of nitrogens with one attached hydrogen (secondary N) is 2. The van der Waals surface area contributed by atoms with Gasteiger partial charge in [-0.2, -0.15) is 0 Å². The van der Waals surface area contributed by atoms with Crippen molar-refractivity contribution in [2.75, 3.05) is 13.6 Å². The van der Waals surface area contributed by atoms with Crippen LogP contribution in [0, 0.1) is 51.7 Å². The van der Waals surface area contributed by atoms with Crippen molar-refractivity contribution >= 4 is 62.0 Å². The first-order chi connectivity index (χ1) is 17.0. The van der Waals surface area contributed by atoms with Gasteiger partial charge in [-0.05, 0) is 97.7 Å². The number of fused-ring (bicyclic) bond motifs is 5. The van der Waals surface area contributed by atoms with E-state index in [-0.39, 0.29) is 71.0 Å². The normalized spacial score (nSPS) is 38.4. The molecular formula is C31H56CaClN3O2. The second-order valence-corrected chi connectivity index (χ2v) is 13.9. The Balaban J connectivity index is 0.00000110. The van der Waals surface area contributed by atoms with Crippen molar-refractivity contribution in [3.8, 4) is 0 Å². The Morgan fingerprint density at radius 2 is 1.84 bits per heavy atom. The smallest absolute Gasteiger partial charge is 1.00 e. The molecule has 3 N–H and O–H groups in total. The number of carbonyl (C=O) groups excluding carboxylic acids is 1. The first-order valence-corrected chi connectivity index (χ1v) is 14.9. The molecule has 5 nitrogen and oxygen atoms in total. The van der Waals surface area contributed by atoms with Gasteiger partial charge in [-0.3, -0.25) is 15.5 Å². The van der Waals surface area contributed by atoms with Gasteiger partial charge in [-0.1, -0.05) is 65.5 Å². The molecule has 4 fully saturated rings. The molecule has 3 saturated carbocycles. The largest absolute Gasteiger partial charge is 2.00 e. The van der Waals surface area contributed by atoms with Crippen LogP contribution in [0.15, 0.2) is 11.6 Å². The summed E-state index contributed by atoms with van der Waals surface area (Å²) >= 11 is 0. The number of likely N-dealkylation sites (N-methyl/N-ethyl adjacent to an activating group) is 1. The number of halogens is 1. The molecule has 4 aliphatic carbocycles. The summed E-state index contributed by atoms with van der Waals surface area (Å²) in [6.07, 6.45) is 17.2. The van der Waals surface area contributed by atoms with Crippen LogP contribution < -0.4 is 5.32 Å². The van der Waals surface area contributed by atoms with Crippen molar-refractivity contribution in [1.82, 2.24) is 10.2 Å². The Morgan fingerprint density at radius 1 is 1.13 bits per heavy atom. The molecule has 5 aliphatic rings. The number of hydrogen-bond acceptors (Lipinski definition) is 3. The Hall–Kier alpha value is 0.190. The standard InChI is InChI=1S/C27H46O.C4H7N3O.Ca.ClH.2H/c1-18(2)7-6-8-19(3)23-11-12-24-22-10-9-20-17-21(28)13-15-26(20,4)25(22)14-16-27(23,24)5;1-7-2-3(8)6-4(7)5;;;;/h9,18-19,21-25,28H,6-8,10-17H2,1-5H3;2H2,1H3,(H2,5,6,8);;1H;;/q;;+2;;2*-1/t19-,21+,22+,23-,24+,25+,26+,27-;;;;;/m1...../s1. The van der Waals surface area contributed by atoms with Gasteiger partial charge in [0.05, 0.1) is 12.6 Å². The minimum Gasteiger partial charge on any atom is -1.00 e. The summed E-state index contributed by atoms with van der Waals surface area (Å²) < 4.78 is 0. The molecule has 1 aliphatic heterocycles. The van der Waals surface area contributed by atoms with E-state index in [0.29, 0.717) is 17.4 Å². The average molecular weight is 578 g/mol. The van der Waals surface area contributed by atoms with Gasteiger partial charge in [0.2, 0.25) is 5.91 Å². The van der Waals surface area contributed by atoms with Crippen LogP contribution in [0.5, 0.6) is 0 Å². The minimum absolute atomic E-state index is 0. The number of guanidine groups is 1. The second kappa shape index (κ2) is 13.9. The number of carbonyl (C=O) groups is 1. The Bertz CT molecular complexity index is 878. The summed E-state index contributed by atoms with van der Waals surface area (Å²) in [5.41, 5.74) is 2.60. The van der Waals surface area contributed by atoms with E-state index in [0.717, 1.165) is 48.3 Å². The first-order valence-electron chi connectivity index (χ1n) is 14.9. The maximum atomic E-state index is 10.4. The maximum absolute atomic E-state index is 10.4. The monoisotopic (exact) mass is 577 g/mol. The zero-order chi connectivity index (χ0) is 26.3. The van der Waals surface area contributed by atoms with Gasteiger partial charge in [0.25, 0.3) is 0 Å². The van der Waals surface area contributed by atoms with E-state index in [1.54, 1.807) is 17.5 Å². The summed E-state index contributed by atoms with van der Waals surface area (Å²) in [5.74, 6) is 5.55. The van der Waals surface area contributed by atoms with Crippen molar-refractivity contribution in [1.29, 1.82) is 5.41 Å². The van der Waals surface area contributed by atoms with Crippen LogP contribution in [0.1, 0.15) is 108 Å². The molecule has 0 aromatic carbocycles. The van der Waals surface area contributed by atoms with Gasteiger partial charge in [0, 0.05) is 7.05 Å². The summed E-state index contributed by atoms with van der Waals surface area (Å²) in [6, 6.07) is 0. The van der Waals surface area contributed by atoms with Crippen LogP contribution in [0.3, 0.4) is 0 Å². The SMILES string of the molecule is CC(C)CCC[C@@H](C)[C@H]1CC[C@H]2[C@@H]3CC=C4C[C@@H](O)CC[C@]4(C)[C@H]3CC[C@]12C.CN1CC(=O)NC1=N.Cl.[Ca+2].[H-].[H-]. The number of amides is 1. The molecule has 0 spiro atoms. The zero-order valence-corrected chi connectivity index (χ0v) is 28.0. The van der Waals surface area contributed by atoms with Crippen molar-refractivity contribution in [3.05, 3.63) is 11.6 Å². The number of nitrogens with zero attached hydrogens (tertiary/aromatic N) is 1. The van der Waals surface area contributed by atoms with Gasteiger partial charge in [0.1, 0.15) is 0 Å².